The molecule has 9 nitrogen and oxygen atoms in total. The number of para-hydroxylation sites is 1. The molecule has 0 fully saturated rings. The highest BCUT2D eigenvalue weighted by Gasteiger charge is 2.31. The van der Waals surface area contributed by atoms with Gasteiger partial charge in [0.15, 0.2) is 0 Å². The van der Waals surface area contributed by atoms with E-state index in [0.717, 1.165) is 27.8 Å². The van der Waals surface area contributed by atoms with Crippen LogP contribution in [0.1, 0.15) is 39.4 Å². The molecular weight excluding hydrogens is 536 g/mol. The quantitative estimate of drug-likeness (QED) is 0.221. The lowest BCUT2D eigenvalue weighted by Gasteiger charge is -2.20. The number of carbonyl (C=O) groups excluding carboxylic acids is 3. The number of carbonyl (C=O) groups is 4. The normalized spacial score (nSPS) is 12.4. The fourth-order valence-corrected chi connectivity index (χ4v) is 4.95. The van der Waals surface area contributed by atoms with Crippen molar-refractivity contribution in [3.63, 3.8) is 0 Å². The summed E-state index contributed by atoms with van der Waals surface area (Å²) in [6.07, 6.45) is -1.41. The number of aromatic carboxylic acids is 1. The number of carboxylic acids is 1. The average Bonchev–Trinajstić information content (AvgIpc) is 3.33. The van der Waals surface area contributed by atoms with Gasteiger partial charge in [-0.25, -0.2) is 9.59 Å². The summed E-state index contributed by atoms with van der Waals surface area (Å²) in [5.74, 6) is -2.97. The molecule has 0 saturated heterocycles. The van der Waals surface area contributed by atoms with Crippen molar-refractivity contribution >= 4 is 29.6 Å². The first-order chi connectivity index (χ1) is 20.4. The number of fused-ring (bicyclic) bond motifs is 3. The predicted octanol–water partition coefficient (Wildman–Crippen LogP) is 5.36. The van der Waals surface area contributed by atoms with Crippen LogP contribution in [0.2, 0.25) is 0 Å². The molecule has 0 radical (unpaired) electrons. The molecule has 0 saturated carbocycles. The Morgan fingerprint density at radius 1 is 0.738 bits per heavy atom. The minimum atomic E-state index is -1.40. The molecular formula is C33H28N2O7. The molecule has 42 heavy (non-hydrogen) atoms. The second-order valence-electron chi connectivity index (χ2n) is 9.71. The van der Waals surface area contributed by atoms with E-state index in [4.69, 9.17) is 9.47 Å². The Labute approximate surface area is 242 Å². The second kappa shape index (κ2) is 12.8. The standard InChI is InChI=1S/C33H28N2O7/c36-30(41-19-21-10-2-1-3-11-21)18-29(31(37)34-28-17-9-8-16-26(28)32(38)39)35-33(40)42-20-27-24-14-6-4-12-22(24)23-13-5-7-15-25(23)27/h1-17,27,29H,18-20H2,(H,34,37)(H,35,40)(H,38,39)/t29-/m0/s1. The SMILES string of the molecule is O=C(C[C@H](NC(=O)OCC1c2ccccc2-c2ccccc21)C(=O)Nc1ccccc1C(=O)O)OCc1ccccc1. The average molecular weight is 565 g/mol. The summed E-state index contributed by atoms with van der Waals surface area (Å²) in [5.41, 5.74) is 4.82. The van der Waals surface area contributed by atoms with E-state index in [1.165, 1.54) is 18.2 Å². The largest absolute Gasteiger partial charge is 0.478 e. The van der Waals surface area contributed by atoms with Crippen molar-refractivity contribution < 1.29 is 33.8 Å². The Hall–Kier alpha value is -5.44. The monoisotopic (exact) mass is 564 g/mol. The molecule has 4 aromatic rings. The highest BCUT2D eigenvalue weighted by atomic mass is 16.5. The molecule has 4 aromatic carbocycles. The maximum Gasteiger partial charge on any atom is 0.407 e. The van der Waals surface area contributed by atoms with Crippen molar-refractivity contribution in [3.05, 3.63) is 125 Å². The smallest absolute Gasteiger partial charge is 0.407 e. The maximum absolute atomic E-state index is 13.2. The maximum atomic E-state index is 13.2. The lowest BCUT2D eigenvalue weighted by Crippen LogP contribution is -2.46. The van der Waals surface area contributed by atoms with Crippen LogP contribution in [-0.4, -0.2) is 41.7 Å². The van der Waals surface area contributed by atoms with Crippen LogP contribution in [0.25, 0.3) is 11.1 Å². The molecule has 212 valence electrons. The van der Waals surface area contributed by atoms with Crippen LogP contribution in [0.15, 0.2) is 103 Å². The summed E-state index contributed by atoms with van der Waals surface area (Å²) in [4.78, 5) is 50.5. The van der Waals surface area contributed by atoms with Crippen LogP contribution < -0.4 is 10.6 Å². The minimum Gasteiger partial charge on any atom is -0.478 e. The zero-order valence-electron chi connectivity index (χ0n) is 22.5. The van der Waals surface area contributed by atoms with Crippen molar-refractivity contribution in [3.8, 4) is 11.1 Å². The van der Waals surface area contributed by atoms with E-state index >= 15 is 0 Å². The van der Waals surface area contributed by atoms with E-state index in [9.17, 15) is 24.3 Å². The minimum absolute atomic E-state index is 0.00843. The number of hydrogen-bond donors (Lipinski definition) is 3. The van der Waals surface area contributed by atoms with Crippen LogP contribution >= 0.6 is 0 Å². The van der Waals surface area contributed by atoms with E-state index in [2.05, 4.69) is 10.6 Å². The molecule has 1 aliphatic rings. The van der Waals surface area contributed by atoms with E-state index in [0.29, 0.717) is 0 Å². The van der Waals surface area contributed by atoms with E-state index < -0.39 is 36.4 Å². The van der Waals surface area contributed by atoms with Gasteiger partial charge in [-0.2, -0.15) is 0 Å². The third-order valence-electron chi connectivity index (χ3n) is 6.98. The number of alkyl carbamates (subject to hydrolysis) is 1. The van der Waals surface area contributed by atoms with Gasteiger partial charge >= 0.3 is 18.0 Å². The van der Waals surface area contributed by atoms with Gasteiger partial charge in [0.25, 0.3) is 0 Å². The number of carboxylic acid groups (broad SMARTS) is 1. The molecule has 0 aromatic heterocycles. The third kappa shape index (κ3) is 6.47. The van der Waals surface area contributed by atoms with Gasteiger partial charge in [0.2, 0.25) is 5.91 Å². The summed E-state index contributed by atoms with van der Waals surface area (Å²) in [5, 5.41) is 14.5. The molecule has 0 unspecified atom stereocenters. The highest BCUT2D eigenvalue weighted by Crippen LogP contribution is 2.44. The van der Waals surface area contributed by atoms with E-state index in [1.807, 2.05) is 54.6 Å². The Kier molecular flexibility index (Phi) is 8.58. The lowest BCUT2D eigenvalue weighted by molar-refractivity contribution is -0.146. The van der Waals surface area contributed by atoms with Gasteiger partial charge < -0.3 is 25.2 Å². The van der Waals surface area contributed by atoms with Crippen molar-refractivity contribution in [1.82, 2.24) is 5.32 Å². The van der Waals surface area contributed by atoms with Gasteiger partial charge in [0.05, 0.1) is 17.7 Å². The Morgan fingerprint density at radius 2 is 1.33 bits per heavy atom. The van der Waals surface area contributed by atoms with Crippen molar-refractivity contribution in [1.29, 1.82) is 0 Å². The number of ether oxygens (including phenoxy) is 2. The van der Waals surface area contributed by atoms with E-state index in [-0.39, 0.29) is 30.4 Å². The zero-order valence-corrected chi connectivity index (χ0v) is 22.5. The molecule has 0 aliphatic heterocycles. The predicted molar refractivity (Wildman–Crippen MR) is 155 cm³/mol. The lowest BCUT2D eigenvalue weighted by atomic mass is 9.98. The topological polar surface area (TPSA) is 131 Å². The van der Waals surface area contributed by atoms with Crippen LogP contribution in [0.4, 0.5) is 10.5 Å². The molecule has 1 aliphatic carbocycles. The molecule has 0 bridgehead atoms. The van der Waals surface area contributed by atoms with Gasteiger partial charge in [-0.15, -0.1) is 0 Å². The molecule has 0 heterocycles. The van der Waals surface area contributed by atoms with Crippen LogP contribution in [-0.2, 0) is 25.7 Å². The zero-order chi connectivity index (χ0) is 29.5. The molecule has 9 heteroatoms. The number of benzene rings is 4. The highest BCUT2D eigenvalue weighted by molar-refractivity contribution is 6.03. The molecule has 3 N–H and O–H groups in total. The number of esters is 1. The van der Waals surface area contributed by atoms with Crippen molar-refractivity contribution in [2.75, 3.05) is 11.9 Å². The van der Waals surface area contributed by atoms with Gasteiger partial charge in [0, 0.05) is 5.92 Å². The van der Waals surface area contributed by atoms with E-state index in [1.54, 1.807) is 30.3 Å². The van der Waals surface area contributed by atoms with Gasteiger partial charge in [-0.05, 0) is 39.9 Å². The Morgan fingerprint density at radius 3 is 2.00 bits per heavy atom. The van der Waals surface area contributed by atoms with Crippen LogP contribution in [0.5, 0.6) is 0 Å². The Bertz CT molecular complexity index is 1570. The summed E-state index contributed by atoms with van der Waals surface area (Å²) < 4.78 is 10.9. The number of anilines is 1. The molecule has 2 amide bonds. The third-order valence-corrected chi connectivity index (χ3v) is 6.98. The Balaban J connectivity index is 1.28. The summed E-state index contributed by atoms with van der Waals surface area (Å²) in [7, 11) is 0. The van der Waals surface area contributed by atoms with Crippen molar-refractivity contribution in [2.45, 2.75) is 25.0 Å². The first-order valence-corrected chi connectivity index (χ1v) is 13.3. The van der Waals surface area contributed by atoms with Gasteiger partial charge in [-0.3, -0.25) is 9.59 Å². The van der Waals surface area contributed by atoms with Crippen molar-refractivity contribution in [2.24, 2.45) is 0 Å². The number of nitrogens with one attached hydrogen (secondary N) is 2. The molecule has 5 rings (SSSR count). The molecule has 0 spiro atoms. The first kappa shape index (κ1) is 28.1. The number of rotatable bonds is 10. The van der Waals surface area contributed by atoms with Crippen LogP contribution in [0.3, 0.4) is 0 Å². The van der Waals surface area contributed by atoms with Crippen LogP contribution in [0, 0.1) is 0 Å². The second-order valence-corrected chi connectivity index (χ2v) is 9.71. The number of amides is 2. The summed E-state index contributed by atoms with van der Waals surface area (Å²) >= 11 is 0. The van der Waals surface area contributed by atoms with Gasteiger partial charge in [-0.1, -0.05) is 91.0 Å². The molecule has 1 atom stereocenters. The summed E-state index contributed by atoms with van der Waals surface area (Å²) in [6, 6.07) is 29.2. The summed E-state index contributed by atoms with van der Waals surface area (Å²) in [6.45, 7) is -0.00466. The van der Waals surface area contributed by atoms with Gasteiger partial charge in [0.1, 0.15) is 19.3 Å². The fourth-order valence-electron chi connectivity index (χ4n) is 4.95. The first-order valence-electron chi connectivity index (χ1n) is 13.3. The fraction of sp³-hybridized carbons (Fsp3) is 0.152. The number of hydrogen-bond acceptors (Lipinski definition) is 6.